The van der Waals surface area contributed by atoms with Crippen LogP contribution < -0.4 is 0 Å². The molecule has 0 aliphatic heterocycles. The summed E-state index contributed by atoms with van der Waals surface area (Å²) in [4.78, 5) is 19.1. The minimum atomic E-state index is -0.272. The monoisotopic (exact) mass is 353 g/mol. The van der Waals surface area contributed by atoms with Crippen LogP contribution in [0.25, 0.3) is 0 Å². The number of rotatable bonds is 7. The molecule has 0 heterocycles. The number of carbonyl (C=O) groups excluding carboxylic acids is 1. The van der Waals surface area contributed by atoms with Crippen LogP contribution in [-0.4, -0.2) is 55.8 Å². The molecule has 0 spiro atoms. The molecule has 0 radical (unpaired) electrons. The van der Waals surface area contributed by atoms with Gasteiger partial charge in [-0.05, 0) is 57.4 Å². The maximum Gasteiger partial charge on any atom is 0.244 e. The van der Waals surface area contributed by atoms with Gasteiger partial charge in [-0.15, -0.1) is 0 Å². The zero-order valence-electron chi connectivity index (χ0n) is 16.9. The van der Waals surface area contributed by atoms with E-state index < -0.39 is 0 Å². The van der Waals surface area contributed by atoms with E-state index in [1.54, 1.807) is 0 Å². The Morgan fingerprint density at radius 1 is 0.885 bits per heavy atom. The molecule has 26 heavy (non-hydrogen) atoms. The first-order valence-corrected chi connectivity index (χ1v) is 8.99. The van der Waals surface area contributed by atoms with E-state index in [9.17, 15) is 4.79 Å². The van der Waals surface area contributed by atoms with Gasteiger partial charge in [0.2, 0.25) is 5.91 Å². The average molecular weight is 354 g/mol. The fraction of sp³-hybridized carbons (Fsp3) is 0.409. The van der Waals surface area contributed by atoms with Crippen LogP contribution in [0.5, 0.6) is 0 Å². The summed E-state index contributed by atoms with van der Waals surface area (Å²) in [6.07, 6.45) is 0. The number of carbonyl (C=O) groups is 1. The van der Waals surface area contributed by atoms with Gasteiger partial charge < -0.3 is 9.80 Å². The molecule has 2 aromatic rings. The minimum Gasteiger partial charge on any atom is -0.340 e. The van der Waals surface area contributed by atoms with Gasteiger partial charge in [0.05, 0.1) is 0 Å². The molecule has 0 bridgehead atoms. The summed E-state index contributed by atoms with van der Waals surface area (Å²) in [5.74, 6) is 0.113. The van der Waals surface area contributed by atoms with Gasteiger partial charge in [0.25, 0.3) is 0 Å². The molecule has 0 saturated carbocycles. The van der Waals surface area contributed by atoms with Crippen molar-refractivity contribution in [3.8, 4) is 0 Å². The average Bonchev–Trinajstić information content (AvgIpc) is 2.56. The Bertz CT molecular complexity index is 740. The van der Waals surface area contributed by atoms with Crippen molar-refractivity contribution in [2.75, 3.05) is 35.2 Å². The highest BCUT2D eigenvalue weighted by molar-refractivity contribution is 5.83. The predicted molar refractivity (Wildman–Crippen MR) is 108 cm³/mol. The van der Waals surface area contributed by atoms with E-state index in [0.29, 0.717) is 6.54 Å². The lowest BCUT2D eigenvalue weighted by Crippen LogP contribution is -2.38. The first kappa shape index (κ1) is 20.1. The first-order valence-electron chi connectivity index (χ1n) is 8.99. The van der Waals surface area contributed by atoms with Crippen LogP contribution in [0.15, 0.2) is 48.5 Å². The Labute approximate surface area is 158 Å². The van der Waals surface area contributed by atoms with Crippen molar-refractivity contribution >= 4 is 5.91 Å². The van der Waals surface area contributed by atoms with Gasteiger partial charge in [-0.1, -0.05) is 48.5 Å². The molecular weight excluding hydrogens is 322 g/mol. The fourth-order valence-corrected chi connectivity index (χ4v) is 3.28. The maximum absolute atomic E-state index is 13.2. The highest BCUT2D eigenvalue weighted by Crippen LogP contribution is 2.24. The van der Waals surface area contributed by atoms with E-state index in [0.717, 1.165) is 23.2 Å². The second kappa shape index (κ2) is 8.97. The topological polar surface area (TPSA) is 26.8 Å². The van der Waals surface area contributed by atoms with Crippen LogP contribution in [-0.2, 0) is 17.9 Å². The van der Waals surface area contributed by atoms with Gasteiger partial charge in [-0.25, -0.2) is 0 Å². The Morgan fingerprint density at radius 2 is 1.50 bits per heavy atom. The molecule has 0 aliphatic carbocycles. The normalized spacial score (nSPS) is 12.5. The lowest BCUT2D eigenvalue weighted by Gasteiger charge is -2.29. The van der Waals surface area contributed by atoms with Gasteiger partial charge in [0, 0.05) is 20.1 Å². The summed E-state index contributed by atoms with van der Waals surface area (Å²) in [6.45, 7) is 3.56. The quantitative estimate of drug-likeness (QED) is 0.764. The van der Waals surface area contributed by atoms with Crippen molar-refractivity contribution in [3.63, 3.8) is 0 Å². The number of nitrogens with zero attached hydrogens (tertiary/aromatic N) is 3. The molecule has 2 aromatic carbocycles. The van der Waals surface area contributed by atoms with E-state index in [1.165, 1.54) is 5.56 Å². The molecule has 2 rings (SSSR count). The summed E-state index contributed by atoms with van der Waals surface area (Å²) < 4.78 is 0. The third-order valence-corrected chi connectivity index (χ3v) is 4.52. The predicted octanol–water partition coefficient (Wildman–Crippen LogP) is 3.32. The van der Waals surface area contributed by atoms with Crippen molar-refractivity contribution in [1.29, 1.82) is 0 Å². The summed E-state index contributed by atoms with van der Waals surface area (Å²) in [7, 11) is 9.93. The summed E-state index contributed by atoms with van der Waals surface area (Å²) in [5.41, 5.74) is 4.62. The van der Waals surface area contributed by atoms with E-state index in [2.05, 4.69) is 56.3 Å². The Balaban J connectivity index is 2.18. The van der Waals surface area contributed by atoms with E-state index in [1.807, 2.05) is 49.1 Å². The third kappa shape index (κ3) is 5.16. The van der Waals surface area contributed by atoms with Crippen LogP contribution >= 0.6 is 0 Å². The molecule has 1 atom stereocenters. The van der Waals surface area contributed by atoms with Gasteiger partial charge in [0.15, 0.2) is 0 Å². The van der Waals surface area contributed by atoms with Gasteiger partial charge >= 0.3 is 0 Å². The zero-order valence-corrected chi connectivity index (χ0v) is 16.9. The molecule has 0 aromatic heterocycles. The largest absolute Gasteiger partial charge is 0.340 e. The fourth-order valence-electron chi connectivity index (χ4n) is 3.28. The molecule has 4 heteroatoms. The standard InChI is InChI=1S/C22H31N3O/c1-17-10-7-8-13-20(17)21(24(4)5)22(26)25(6)16-19-12-9-11-18(14-19)15-23(2)3/h7-14,21H,15-16H2,1-6H3. The highest BCUT2D eigenvalue weighted by Gasteiger charge is 2.27. The van der Waals surface area contributed by atoms with Gasteiger partial charge in [-0.2, -0.15) is 0 Å². The SMILES string of the molecule is Cc1ccccc1C(C(=O)N(C)Cc1cccc(CN(C)C)c1)N(C)C. The molecule has 1 amide bonds. The second-order valence-electron chi connectivity index (χ2n) is 7.47. The molecule has 0 saturated heterocycles. The van der Waals surface area contributed by atoms with Crippen molar-refractivity contribution < 1.29 is 4.79 Å². The molecule has 0 N–H and O–H groups in total. The van der Waals surface area contributed by atoms with Crippen molar-refractivity contribution in [1.82, 2.24) is 14.7 Å². The van der Waals surface area contributed by atoms with Crippen LogP contribution in [0.2, 0.25) is 0 Å². The number of amides is 1. The van der Waals surface area contributed by atoms with E-state index in [4.69, 9.17) is 0 Å². The smallest absolute Gasteiger partial charge is 0.244 e. The number of likely N-dealkylation sites (N-methyl/N-ethyl adjacent to an activating group) is 2. The summed E-state index contributed by atoms with van der Waals surface area (Å²) in [5, 5.41) is 0. The van der Waals surface area contributed by atoms with Gasteiger partial charge in [0.1, 0.15) is 6.04 Å². The first-order chi connectivity index (χ1) is 12.3. The third-order valence-electron chi connectivity index (χ3n) is 4.52. The van der Waals surface area contributed by atoms with E-state index in [-0.39, 0.29) is 11.9 Å². The second-order valence-corrected chi connectivity index (χ2v) is 7.47. The van der Waals surface area contributed by atoms with Crippen LogP contribution in [0.3, 0.4) is 0 Å². The number of benzene rings is 2. The highest BCUT2D eigenvalue weighted by atomic mass is 16.2. The number of aryl methyl sites for hydroxylation is 1. The molecule has 4 nitrogen and oxygen atoms in total. The van der Waals surface area contributed by atoms with Gasteiger partial charge in [-0.3, -0.25) is 9.69 Å². The Morgan fingerprint density at radius 3 is 2.08 bits per heavy atom. The molecule has 0 fully saturated rings. The lowest BCUT2D eigenvalue weighted by molar-refractivity contribution is -0.135. The zero-order chi connectivity index (χ0) is 19.3. The molecular formula is C22H31N3O. The number of hydrogen-bond donors (Lipinski definition) is 0. The molecule has 1 unspecified atom stereocenters. The molecule has 140 valence electrons. The Hall–Kier alpha value is -2.17. The summed E-state index contributed by atoms with van der Waals surface area (Å²) in [6, 6.07) is 16.3. The van der Waals surface area contributed by atoms with Crippen molar-refractivity contribution in [2.45, 2.75) is 26.1 Å². The van der Waals surface area contributed by atoms with Crippen LogP contribution in [0.1, 0.15) is 28.3 Å². The lowest BCUT2D eigenvalue weighted by atomic mass is 9.99. The summed E-state index contributed by atoms with van der Waals surface area (Å²) >= 11 is 0. The number of hydrogen-bond acceptors (Lipinski definition) is 3. The minimum absolute atomic E-state index is 0.113. The van der Waals surface area contributed by atoms with Crippen LogP contribution in [0, 0.1) is 6.92 Å². The Kier molecular flexibility index (Phi) is 6.95. The van der Waals surface area contributed by atoms with Crippen LogP contribution in [0.4, 0.5) is 0 Å². The van der Waals surface area contributed by atoms with Crippen molar-refractivity contribution in [2.24, 2.45) is 0 Å². The van der Waals surface area contributed by atoms with E-state index >= 15 is 0 Å². The molecule has 0 aliphatic rings. The maximum atomic E-state index is 13.2. The van der Waals surface area contributed by atoms with Crippen molar-refractivity contribution in [3.05, 3.63) is 70.8 Å².